The smallest absolute Gasteiger partial charge is 0.231 e. The molecular weight excluding hydrogens is 761 g/mol. The van der Waals surface area contributed by atoms with Crippen LogP contribution < -0.4 is 24.8 Å². The highest BCUT2D eigenvalue weighted by Gasteiger charge is 2.12. The molecule has 326 valence electrons. The molecule has 0 fully saturated rings. The molecule has 0 atom stereocenters. The number of nitrogens with zero attached hydrogens (tertiary/aromatic N) is 1. The first kappa shape index (κ1) is 52.5. The Hall–Kier alpha value is -5.47. The molecule has 8 heteroatoms. The van der Waals surface area contributed by atoms with Gasteiger partial charge in [0.15, 0.2) is 11.5 Å². The Kier molecular flexibility index (Phi) is 26.8. The molecule has 0 amide bonds. The van der Waals surface area contributed by atoms with Gasteiger partial charge in [0, 0.05) is 18.1 Å². The van der Waals surface area contributed by atoms with Crippen LogP contribution in [0.15, 0.2) is 109 Å². The highest BCUT2D eigenvalue weighted by atomic mass is 32.1. The first-order valence-corrected chi connectivity index (χ1v) is 22.7. The van der Waals surface area contributed by atoms with Crippen LogP contribution in [0.5, 0.6) is 17.2 Å². The molecule has 60 heavy (non-hydrogen) atoms. The Bertz CT molecular complexity index is 1990. The average Bonchev–Trinajstić information content (AvgIpc) is 4.16. The molecule has 0 radical (unpaired) electrons. The van der Waals surface area contributed by atoms with Gasteiger partial charge in [-0.3, -0.25) is 0 Å². The van der Waals surface area contributed by atoms with Crippen molar-refractivity contribution in [1.29, 1.82) is 0 Å². The zero-order valence-electron chi connectivity index (χ0n) is 39.3. The van der Waals surface area contributed by atoms with E-state index in [1.165, 1.54) is 60.4 Å². The third-order valence-corrected chi connectivity index (χ3v) is 9.09. The minimum absolute atomic E-state index is 0.360. The molecule has 0 bridgehead atoms. The molecule has 0 aliphatic carbocycles. The van der Waals surface area contributed by atoms with Gasteiger partial charge in [-0.2, -0.15) is 0 Å². The van der Waals surface area contributed by atoms with E-state index in [0.29, 0.717) is 6.79 Å². The summed E-state index contributed by atoms with van der Waals surface area (Å²) < 4.78 is 16.9. The number of hydrogen-bond acceptors (Lipinski definition) is 7. The topological polar surface area (TPSA) is 80.4 Å². The lowest BCUT2D eigenvalue weighted by Crippen LogP contribution is -1.98. The Morgan fingerprint density at radius 1 is 0.517 bits per heavy atom. The van der Waals surface area contributed by atoms with Crippen LogP contribution in [-0.4, -0.2) is 30.0 Å². The summed E-state index contributed by atoms with van der Waals surface area (Å²) in [5.74, 6) is 2.79. The number of hydrogen-bond donors (Lipinski definition) is 3. The van der Waals surface area contributed by atoms with Gasteiger partial charge in [-0.1, -0.05) is 117 Å². The van der Waals surface area contributed by atoms with Crippen molar-refractivity contribution in [3.8, 4) is 17.2 Å². The Balaban J connectivity index is 0.000000356. The minimum Gasteiger partial charge on any atom is -0.493 e. The summed E-state index contributed by atoms with van der Waals surface area (Å²) in [4.78, 5) is 7.33. The van der Waals surface area contributed by atoms with E-state index in [0.717, 1.165) is 42.5 Å². The van der Waals surface area contributed by atoms with Crippen LogP contribution in [0, 0.1) is 34.6 Å². The maximum atomic E-state index is 5.35. The first-order valence-electron chi connectivity index (χ1n) is 21.8. The van der Waals surface area contributed by atoms with Gasteiger partial charge in [0.1, 0.15) is 5.75 Å². The number of aromatic amines is 1. The monoisotopic (exact) mass is 835 g/mol. The molecule has 5 heterocycles. The van der Waals surface area contributed by atoms with Gasteiger partial charge in [0.05, 0.1) is 40.4 Å². The van der Waals surface area contributed by atoms with E-state index < -0.39 is 0 Å². The van der Waals surface area contributed by atoms with Crippen molar-refractivity contribution in [3.63, 3.8) is 0 Å². The number of anilines is 2. The molecule has 0 unspecified atom stereocenters. The van der Waals surface area contributed by atoms with E-state index >= 15 is 0 Å². The second-order valence-corrected chi connectivity index (χ2v) is 13.4. The van der Waals surface area contributed by atoms with Crippen LogP contribution >= 0.6 is 11.3 Å². The summed E-state index contributed by atoms with van der Waals surface area (Å²) in [6.45, 7) is 32.5. The van der Waals surface area contributed by atoms with Crippen molar-refractivity contribution >= 4 is 43.8 Å². The largest absolute Gasteiger partial charge is 0.493 e. The number of thiazole rings is 1. The second-order valence-electron chi connectivity index (χ2n) is 12.5. The van der Waals surface area contributed by atoms with E-state index in [-0.39, 0.29) is 0 Å². The number of ether oxygens (including phenoxy) is 3. The normalized spacial score (nSPS) is 11.0. The van der Waals surface area contributed by atoms with Crippen molar-refractivity contribution in [2.45, 2.75) is 110 Å². The molecule has 3 aliphatic rings. The molecule has 3 N–H and O–H groups in total. The van der Waals surface area contributed by atoms with Crippen molar-refractivity contribution in [1.82, 2.24) is 9.97 Å². The van der Waals surface area contributed by atoms with Crippen molar-refractivity contribution in [3.05, 3.63) is 142 Å². The molecule has 7 nitrogen and oxygen atoms in total. The van der Waals surface area contributed by atoms with Gasteiger partial charge in [-0.15, -0.1) is 11.3 Å². The summed E-state index contributed by atoms with van der Waals surface area (Å²) >= 11 is 1.69. The summed E-state index contributed by atoms with van der Waals surface area (Å²) in [7, 11) is 0. The third kappa shape index (κ3) is 17.4. The third-order valence-electron chi connectivity index (χ3n) is 8.30. The van der Waals surface area contributed by atoms with Crippen LogP contribution in [0.4, 0.5) is 11.4 Å². The van der Waals surface area contributed by atoms with Crippen LogP contribution in [-0.2, 0) is 6.42 Å². The molecule has 0 spiro atoms. The second kappa shape index (κ2) is 30.6. The van der Waals surface area contributed by atoms with Crippen LogP contribution in [0.3, 0.4) is 0 Å². The van der Waals surface area contributed by atoms with Crippen LogP contribution in [0.1, 0.15) is 103 Å². The highest BCUT2D eigenvalue weighted by Crippen LogP contribution is 2.32. The fourth-order valence-electron chi connectivity index (χ4n) is 5.65. The van der Waals surface area contributed by atoms with Gasteiger partial charge >= 0.3 is 0 Å². The Labute approximate surface area is 367 Å². The van der Waals surface area contributed by atoms with E-state index in [4.69, 9.17) is 14.2 Å². The summed E-state index contributed by atoms with van der Waals surface area (Å²) in [5.41, 5.74) is 14.4. The molecule has 10 rings (SSSR count). The lowest BCUT2D eigenvalue weighted by atomic mass is 10.1. The van der Waals surface area contributed by atoms with Crippen LogP contribution in [0.25, 0.3) is 21.1 Å². The Morgan fingerprint density at radius 3 is 1.82 bits per heavy atom. The zero-order chi connectivity index (χ0) is 44.9. The molecule has 7 aromatic rings. The van der Waals surface area contributed by atoms with Gasteiger partial charge in [-0.05, 0) is 123 Å². The maximum absolute atomic E-state index is 5.35. The summed E-state index contributed by atoms with van der Waals surface area (Å²) in [6, 6.07) is 33.4. The minimum atomic E-state index is 0.360. The molecular formula is C52H74N4O3S. The first-order chi connectivity index (χ1) is 29.3. The van der Waals surface area contributed by atoms with E-state index in [1.54, 1.807) is 11.3 Å². The van der Waals surface area contributed by atoms with Gasteiger partial charge < -0.3 is 29.8 Å². The molecule has 3 aliphatic heterocycles. The van der Waals surface area contributed by atoms with E-state index in [2.05, 4.69) is 127 Å². The number of rotatable bonds is 0. The number of aromatic nitrogens is 2. The van der Waals surface area contributed by atoms with Gasteiger partial charge in [0.2, 0.25) is 6.79 Å². The lowest BCUT2D eigenvalue weighted by Gasteiger charge is -1.97. The molecule has 0 saturated carbocycles. The fraction of sp³-hybridized carbons (Fsp3) is 0.365. The lowest BCUT2D eigenvalue weighted by molar-refractivity contribution is 0.174. The quantitative estimate of drug-likeness (QED) is 0.141. The average molecular weight is 835 g/mol. The maximum Gasteiger partial charge on any atom is 0.231 e. The van der Waals surface area contributed by atoms with Gasteiger partial charge in [0.25, 0.3) is 0 Å². The number of benzene rings is 5. The number of H-pyrrole nitrogens is 1. The summed E-state index contributed by atoms with van der Waals surface area (Å²) in [5, 5.41) is 7.74. The van der Waals surface area contributed by atoms with Gasteiger partial charge in [-0.25, -0.2) is 4.98 Å². The SMILES string of the molecule is CC.CC.CC.CC.CC.Cc1ccc2[nH]ccc2c1.Cc1ccc2c(c1)CCO2.Cc1ccc2c(c1)NCN2.Cc1ccc2c(c1)OCO2.Cc1ccc2ncsc2c1. The number of fused-ring (bicyclic) bond motifs is 5. The standard InChI is InChI=1S/C9H9N.C9H10O.C8H10N2.C8H7NS.C8H8O2.5C2H6/c2*1-7-2-3-9-8(6-7)4-5-10-9;3*1-6-2-3-7-8(4-6)10-5-9-7;5*1-2/h2-6,10H,1H3;2-3,6H,4-5H2,1H3;2-4,9-10H,5H2,1H3;2-5H,1H3;2-4H,5H2,1H3;5*1-2H3. The highest BCUT2D eigenvalue weighted by molar-refractivity contribution is 7.16. The predicted molar refractivity (Wildman–Crippen MR) is 265 cm³/mol. The molecule has 5 aromatic carbocycles. The molecule has 0 saturated heterocycles. The zero-order valence-corrected chi connectivity index (χ0v) is 40.1. The predicted octanol–water partition coefficient (Wildman–Crippen LogP) is 15.7. The van der Waals surface area contributed by atoms with Crippen LogP contribution in [0.2, 0.25) is 0 Å². The van der Waals surface area contributed by atoms with E-state index in [9.17, 15) is 0 Å². The summed E-state index contributed by atoms with van der Waals surface area (Å²) in [6.07, 6.45) is 3.04. The van der Waals surface area contributed by atoms with E-state index in [1.807, 2.05) is 106 Å². The van der Waals surface area contributed by atoms with Crippen molar-refractivity contribution < 1.29 is 14.2 Å². The Morgan fingerprint density at radius 2 is 1.08 bits per heavy atom. The van der Waals surface area contributed by atoms with Crippen molar-refractivity contribution in [2.24, 2.45) is 0 Å². The number of nitrogens with one attached hydrogen (secondary N) is 3. The molecule has 2 aromatic heterocycles. The van der Waals surface area contributed by atoms with Crippen molar-refractivity contribution in [2.75, 3.05) is 30.7 Å². The fourth-order valence-corrected chi connectivity index (χ4v) is 6.42. The number of aryl methyl sites for hydroxylation is 5.